The molecule has 7 nitrogen and oxygen atoms in total. The van der Waals surface area contributed by atoms with E-state index in [1.165, 1.54) is 22.4 Å². The highest BCUT2D eigenvalue weighted by atomic mass is 35.5. The Morgan fingerprint density at radius 2 is 1.65 bits per heavy atom. The molecule has 0 saturated carbocycles. The molecule has 0 spiro atoms. The van der Waals surface area contributed by atoms with Crippen LogP contribution < -0.4 is 4.74 Å². The van der Waals surface area contributed by atoms with Gasteiger partial charge in [-0.3, -0.25) is 0 Å². The van der Waals surface area contributed by atoms with Gasteiger partial charge in [0.2, 0.25) is 0 Å². The number of carboxylic acid groups (broad SMARTS) is 1. The number of hydrogen-bond donors (Lipinski definition) is 1. The van der Waals surface area contributed by atoms with Gasteiger partial charge in [0, 0.05) is 52.1 Å². The maximum atomic E-state index is 12.4. The van der Waals surface area contributed by atoms with E-state index in [2.05, 4.69) is 59.7 Å². The summed E-state index contributed by atoms with van der Waals surface area (Å²) in [4.78, 5) is 20.1. The number of morpholine rings is 1. The molecule has 2 aromatic heterocycles. The van der Waals surface area contributed by atoms with Crippen molar-refractivity contribution in [3.63, 3.8) is 0 Å². The van der Waals surface area contributed by atoms with Crippen molar-refractivity contribution in [1.29, 1.82) is 0 Å². The van der Waals surface area contributed by atoms with Gasteiger partial charge in [-0.15, -0.1) is 0 Å². The lowest BCUT2D eigenvalue weighted by Gasteiger charge is -2.39. The normalized spacial score (nSPS) is 15.4. The van der Waals surface area contributed by atoms with Gasteiger partial charge in [-0.05, 0) is 89.5 Å². The van der Waals surface area contributed by atoms with Crippen LogP contribution in [0.2, 0.25) is 5.02 Å². The molecule has 1 fully saturated rings. The van der Waals surface area contributed by atoms with Gasteiger partial charge in [-0.1, -0.05) is 81.3 Å². The zero-order valence-electron chi connectivity index (χ0n) is 31.2. The van der Waals surface area contributed by atoms with Gasteiger partial charge in [-0.25, -0.2) is 9.78 Å². The highest BCUT2D eigenvalue weighted by molar-refractivity contribution is 6.30. The zero-order valence-corrected chi connectivity index (χ0v) is 32.0. The van der Waals surface area contributed by atoms with Crippen molar-refractivity contribution in [2.45, 2.75) is 57.9 Å². The molecule has 0 radical (unpaired) electrons. The average Bonchev–Trinajstić information content (AvgIpc) is 3.55. The van der Waals surface area contributed by atoms with E-state index in [1.807, 2.05) is 42.5 Å². The standard InChI is InChI=1S/C46H46ClN3O4/c1-5-7-30(8-6-2)44-37-15-11-31(46(51)52)25-43(37)50-42(28(3)49-21-23-54-24-22-49)27-38-35-17-19-41(48-40(35)20-18-36(38)45(44)50)39-26-33(53-4)14-16-34(39)29-9-12-32(47)13-10-29/h9-20,25-26,30,42H,3,5-8,21-24,27H2,1-2,4H3,(H,51,52). The third kappa shape index (κ3) is 6.33. The third-order valence-corrected chi connectivity index (χ3v) is 11.6. The molecule has 4 heterocycles. The van der Waals surface area contributed by atoms with Crippen LogP contribution in [0.25, 0.3) is 55.4 Å². The number of ether oxygens (including phenoxy) is 2. The Hall–Kier alpha value is -5.11. The van der Waals surface area contributed by atoms with E-state index in [1.54, 1.807) is 13.2 Å². The number of nitrogens with zero attached hydrogens (tertiary/aromatic N) is 3. The predicted molar refractivity (Wildman–Crippen MR) is 219 cm³/mol. The Morgan fingerprint density at radius 1 is 0.926 bits per heavy atom. The predicted octanol–water partition coefficient (Wildman–Crippen LogP) is 11.2. The molecular weight excluding hydrogens is 694 g/mol. The number of carbonyl (C=O) groups is 1. The van der Waals surface area contributed by atoms with Crippen LogP contribution in [-0.2, 0) is 11.2 Å². The SMILES string of the molecule is C=C(C1Cc2c(ccc3nc(-c4cc(OC)ccc4-c4ccc(Cl)cc4)ccc23)-c2c(C(CCC)CCC)c3ccc(C(=O)O)cc3n21)N1CCOCC1. The number of carboxylic acids is 1. The maximum Gasteiger partial charge on any atom is 0.335 e. The van der Waals surface area contributed by atoms with Crippen molar-refractivity contribution in [1.82, 2.24) is 14.5 Å². The molecule has 1 unspecified atom stereocenters. The lowest BCUT2D eigenvalue weighted by molar-refractivity contribution is 0.0492. The van der Waals surface area contributed by atoms with Crippen LogP contribution in [0, 0.1) is 0 Å². The summed E-state index contributed by atoms with van der Waals surface area (Å²) in [5.41, 5.74) is 12.1. The fourth-order valence-electron chi connectivity index (χ4n) is 8.82. The molecule has 4 aromatic carbocycles. The summed E-state index contributed by atoms with van der Waals surface area (Å²) in [5.74, 6) is 0.170. The van der Waals surface area contributed by atoms with Gasteiger partial charge >= 0.3 is 5.97 Å². The molecule has 0 aliphatic carbocycles. The van der Waals surface area contributed by atoms with Crippen LogP contribution in [0.3, 0.4) is 0 Å². The Labute approximate surface area is 321 Å². The first-order valence-corrected chi connectivity index (χ1v) is 19.5. The molecule has 8 heteroatoms. The molecule has 6 aromatic rings. The van der Waals surface area contributed by atoms with Crippen LogP contribution >= 0.6 is 11.6 Å². The molecule has 0 amide bonds. The fraction of sp³-hybridized carbons (Fsp3) is 0.304. The lowest BCUT2D eigenvalue weighted by Crippen LogP contribution is -2.39. The number of benzene rings is 4. The molecule has 276 valence electrons. The second-order valence-electron chi connectivity index (χ2n) is 14.5. The molecule has 1 N–H and O–H groups in total. The molecular formula is C46H46ClN3O4. The topological polar surface area (TPSA) is 76.8 Å². The van der Waals surface area contributed by atoms with E-state index in [9.17, 15) is 9.90 Å². The lowest BCUT2D eigenvalue weighted by atomic mass is 9.83. The summed E-state index contributed by atoms with van der Waals surface area (Å²) >= 11 is 6.26. The summed E-state index contributed by atoms with van der Waals surface area (Å²) in [7, 11) is 1.68. The van der Waals surface area contributed by atoms with Crippen LogP contribution in [0.15, 0.2) is 97.2 Å². The van der Waals surface area contributed by atoms with Gasteiger partial charge in [0.15, 0.2) is 0 Å². The molecule has 1 saturated heterocycles. The molecule has 2 aliphatic heterocycles. The Kier molecular flexibility index (Phi) is 9.95. The molecule has 8 rings (SSSR count). The van der Waals surface area contributed by atoms with Crippen molar-refractivity contribution >= 4 is 39.4 Å². The number of pyridine rings is 1. The minimum absolute atomic E-state index is 0.116. The van der Waals surface area contributed by atoms with Gasteiger partial charge in [0.1, 0.15) is 5.75 Å². The van der Waals surface area contributed by atoms with E-state index in [0.717, 1.165) is 94.4 Å². The molecule has 1 atom stereocenters. The number of hydrogen-bond acceptors (Lipinski definition) is 5. The smallest absolute Gasteiger partial charge is 0.335 e. The number of halogens is 1. The highest BCUT2D eigenvalue weighted by Crippen LogP contribution is 2.51. The van der Waals surface area contributed by atoms with Crippen molar-refractivity contribution < 1.29 is 19.4 Å². The summed E-state index contributed by atoms with van der Waals surface area (Å²) in [6, 6.07) is 28.3. The minimum Gasteiger partial charge on any atom is -0.497 e. The number of fused-ring (bicyclic) bond motifs is 7. The van der Waals surface area contributed by atoms with Gasteiger partial charge in [0.05, 0.1) is 54.4 Å². The van der Waals surface area contributed by atoms with E-state index in [4.69, 9.17) is 32.6 Å². The highest BCUT2D eigenvalue weighted by Gasteiger charge is 2.36. The average molecular weight is 740 g/mol. The summed E-state index contributed by atoms with van der Waals surface area (Å²) in [6.07, 6.45) is 4.94. The van der Waals surface area contributed by atoms with Crippen molar-refractivity contribution in [3.8, 4) is 39.4 Å². The van der Waals surface area contributed by atoms with Crippen molar-refractivity contribution in [3.05, 3.63) is 119 Å². The van der Waals surface area contributed by atoms with Crippen LogP contribution in [0.1, 0.15) is 73.0 Å². The number of aromatic carboxylic acids is 1. The molecule has 54 heavy (non-hydrogen) atoms. The first-order chi connectivity index (χ1) is 26.3. The summed E-state index contributed by atoms with van der Waals surface area (Å²) < 4.78 is 13.9. The van der Waals surface area contributed by atoms with E-state index >= 15 is 0 Å². The number of methoxy groups -OCH3 is 1. The quantitative estimate of drug-likeness (QED) is 0.143. The number of aromatic nitrogens is 2. The largest absolute Gasteiger partial charge is 0.497 e. The summed E-state index contributed by atoms with van der Waals surface area (Å²) in [6.45, 7) is 12.1. The van der Waals surface area contributed by atoms with E-state index in [0.29, 0.717) is 36.1 Å². The first kappa shape index (κ1) is 35.9. The third-order valence-electron chi connectivity index (χ3n) is 11.4. The number of allylic oxidation sites excluding steroid dienone is 1. The Bertz CT molecular complexity index is 2390. The van der Waals surface area contributed by atoms with Crippen LogP contribution in [0.4, 0.5) is 0 Å². The second kappa shape index (κ2) is 15.0. The second-order valence-corrected chi connectivity index (χ2v) is 15.0. The van der Waals surface area contributed by atoms with E-state index < -0.39 is 5.97 Å². The molecule has 0 bridgehead atoms. The van der Waals surface area contributed by atoms with Crippen LogP contribution in [-0.4, -0.2) is 58.9 Å². The van der Waals surface area contributed by atoms with Crippen molar-refractivity contribution in [2.24, 2.45) is 0 Å². The van der Waals surface area contributed by atoms with E-state index in [-0.39, 0.29) is 6.04 Å². The number of rotatable bonds is 11. The van der Waals surface area contributed by atoms with Gasteiger partial charge in [0.25, 0.3) is 0 Å². The molecule has 2 aliphatic rings. The monoisotopic (exact) mass is 739 g/mol. The maximum absolute atomic E-state index is 12.4. The fourth-order valence-corrected chi connectivity index (χ4v) is 8.95. The Morgan fingerprint density at radius 3 is 2.35 bits per heavy atom. The van der Waals surface area contributed by atoms with Crippen LogP contribution in [0.5, 0.6) is 5.75 Å². The minimum atomic E-state index is -0.921. The summed E-state index contributed by atoms with van der Waals surface area (Å²) in [5, 5.41) is 13.1. The zero-order chi connectivity index (χ0) is 37.5. The van der Waals surface area contributed by atoms with Gasteiger partial charge < -0.3 is 24.0 Å². The van der Waals surface area contributed by atoms with Gasteiger partial charge in [-0.2, -0.15) is 0 Å². The van der Waals surface area contributed by atoms with Crippen molar-refractivity contribution in [2.75, 3.05) is 33.4 Å². The Balaban J connectivity index is 1.36. The first-order valence-electron chi connectivity index (χ1n) is 19.1.